The molecule has 25 heavy (non-hydrogen) atoms. The van der Waals surface area contributed by atoms with Crippen molar-refractivity contribution in [3.05, 3.63) is 59.2 Å². The highest BCUT2D eigenvalue weighted by Gasteiger charge is 2.08. The second-order valence-corrected chi connectivity index (χ2v) is 6.29. The van der Waals surface area contributed by atoms with Crippen LogP contribution in [0.1, 0.15) is 36.7 Å². The molecule has 2 N–H and O–H groups in total. The number of aryl methyl sites for hydroxylation is 3. The standard InChI is InChI=1S/C20H22FN3O/c1-3-4-19-22-16-9-6-14(11-18(16)23-19)7-10-20(25)24-17-12-15(21)8-5-13(17)2/h5-6,8-9,11-12H,3-4,7,10H2,1-2H3,(H,22,23)(H,24,25). The first-order valence-corrected chi connectivity index (χ1v) is 8.58. The van der Waals surface area contributed by atoms with Gasteiger partial charge in [0.2, 0.25) is 5.91 Å². The maximum atomic E-state index is 13.3. The van der Waals surface area contributed by atoms with Gasteiger partial charge in [-0.1, -0.05) is 19.1 Å². The number of aromatic amines is 1. The van der Waals surface area contributed by atoms with Gasteiger partial charge in [-0.2, -0.15) is 0 Å². The number of nitrogens with zero attached hydrogens (tertiary/aromatic N) is 1. The van der Waals surface area contributed by atoms with E-state index < -0.39 is 0 Å². The molecule has 5 heteroatoms. The third kappa shape index (κ3) is 4.24. The third-order valence-corrected chi connectivity index (χ3v) is 4.20. The number of rotatable bonds is 6. The van der Waals surface area contributed by atoms with E-state index in [4.69, 9.17) is 0 Å². The molecule has 130 valence electrons. The van der Waals surface area contributed by atoms with Gasteiger partial charge in [-0.25, -0.2) is 9.37 Å². The average Bonchev–Trinajstić information content (AvgIpc) is 2.98. The first-order chi connectivity index (χ1) is 12.0. The van der Waals surface area contributed by atoms with Crippen molar-refractivity contribution in [2.75, 3.05) is 5.32 Å². The zero-order valence-corrected chi connectivity index (χ0v) is 14.5. The van der Waals surface area contributed by atoms with Crippen molar-refractivity contribution in [3.63, 3.8) is 0 Å². The highest BCUT2D eigenvalue weighted by atomic mass is 19.1. The Morgan fingerprint density at radius 1 is 1.20 bits per heavy atom. The normalized spacial score (nSPS) is 11.0. The van der Waals surface area contributed by atoms with Crippen molar-refractivity contribution in [3.8, 4) is 0 Å². The Labute approximate surface area is 146 Å². The molecule has 0 fully saturated rings. The van der Waals surface area contributed by atoms with Crippen molar-refractivity contribution in [2.45, 2.75) is 39.5 Å². The second kappa shape index (κ2) is 7.47. The van der Waals surface area contributed by atoms with E-state index >= 15 is 0 Å². The van der Waals surface area contributed by atoms with Crippen LogP contribution in [0.4, 0.5) is 10.1 Å². The Hall–Kier alpha value is -2.69. The van der Waals surface area contributed by atoms with Crippen molar-refractivity contribution in [2.24, 2.45) is 0 Å². The summed E-state index contributed by atoms with van der Waals surface area (Å²) in [5.74, 6) is 0.521. The number of H-pyrrole nitrogens is 1. The fourth-order valence-corrected chi connectivity index (χ4v) is 2.82. The minimum atomic E-state index is -0.353. The molecule has 0 spiro atoms. The lowest BCUT2D eigenvalue weighted by atomic mass is 10.1. The smallest absolute Gasteiger partial charge is 0.224 e. The van der Waals surface area contributed by atoms with Crippen molar-refractivity contribution < 1.29 is 9.18 Å². The number of amides is 1. The number of carbonyl (C=O) groups is 1. The highest BCUT2D eigenvalue weighted by molar-refractivity contribution is 5.91. The van der Waals surface area contributed by atoms with Crippen LogP contribution in [-0.4, -0.2) is 15.9 Å². The lowest BCUT2D eigenvalue weighted by Gasteiger charge is -2.08. The van der Waals surface area contributed by atoms with Crippen LogP contribution in [0.15, 0.2) is 36.4 Å². The fourth-order valence-electron chi connectivity index (χ4n) is 2.82. The van der Waals surface area contributed by atoms with Gasteiger partial charge in [0, 0.05) is 18.5 Å². The number of benzene rings is 2. The number of fused-ring (bicyclic) bond motifs is 1. The minimum absolute atomic E-state index is 0.120. The van der Waals surface area contributed by atoms with Crippen LogP contribution in [0.25, 0.3) is 11.0 Å². The van der Waals surface area contributed by atoms with Crippen LogP contribution in [0.2, 0.25) is 0 Å². The summed E-state index contributed by atoms with van der Waals surface area (Å²) in [4.78, 5) is 20.0. The van der Waals surface area contributed by atoms with Gasteiger partial charge in [0.05, 0.1) is 11.0 Å². The van der Waals surface area contributed by atoms with Gasteiger partial charge in [-0.3, -0.25) is 4.79 Å². The van der Waals surface area contributed by atoms with E-state index in [9.17, 15) is 9.18 Å². The number of anilines is 1. The molecule has 0 aliphatic heterocycles. The van der Waals surface area contributed by atoms with E-state index in [1.807, 2.05) is 25.1 Å². The summed E-state index contributed by atoms with van der Waals surface area (Å²) < 4.78 is 13.3. The maximum absolute atomic E-state index is 13.3. The molecule has 4 nitrogen and oxygen atoms in total. The number of imidazole rings is 1. The Kier molecular flexibility index (Phi) is 5.12. The van der Waals surface area contributed by atoms with Crippen molar-refractivity contribution in [1.82, 2.24) is 9.97 Å². The quantitative estimate of drug-likeness (QED) is 0.693. The van der Waals surface area contributed by atoms with Gasteiger partial charge in [0.25, 0.3) is 0 Å². The zero-order chi connectivity index (χ0) is 17.8. The van der Waals surface area contributed by atoms with Crippen molar-refractivity contribution >= 4 is 22.6 Å². The summed E-state index contributed by atoms with van der Waals surface area (Å²) in [6, 6.07) is 10.4. The van der Waals surface area contributed by atoms with Gasteiger partial charge in [-0.05, 0) is 55.2 Å². The minimum Gasteiger partial charge on any atom is -0.342 e. The highest BCUT2D eigenvalue weighted by Crippen LogP contribution is 2.18. The molecule has 3 rings (SSSR count). The summed E-state index contributed by atoms with van der Waals surface area (Å²) in [6.45, 7) is 3.96. The van der Waals surface area contributed by atoms with Gasteiger partial charge in [-0.15, -0.1) is 0 Å². The molecule has 0 bridgehead atoms. The Bertz CT molecular complexity index is 901. The molecular weight excluding hydrogens is 317 g/mol. The molecule has 1 aromatic heterocycles. The molecule has 1 heterocycles. The lowest BCUT2D eigenvalue weighted by molar-refractivity contribution is -0.116. The number of carbonyl (C=O) groups excluding carboxylic acids is 1. The first-order valence-electron chi connectivity index (χ1n) is 8.58. The van der Waals surface area contributed by atoms with Crippen LogP contribution in [0.5, 0.6) is 0 Å². The Balaban J connectivity index is 1.63. The Morgan fingerprint density at radius 3 is 2.84 bits per heavy atom. The predicted octanol–water partition coefficient (Wildman–Crippen LogP) is 4.53. The van der Waals surface area contributed by atoms with Gasteiger partial charge >= 0.3 is 0 Å². The zero-order valence-electron chi connectivity index (χ0n) is 14.5. The Morgan fingerprint density at radius 2 is 2.04 bits per heavy atom. The molecule has 0 aliphatic carbocycles. The van der Waals surface area contributed by atoms with E-state index in [0.29, 0.717) is 18.5 Å². The van der Waals surface area contributed by atoms with Gasteiger partial charge in [0.15, 0.2) is 0 Å². The molecule has 0 radical (unpaired) electrons. The van der Waals surface area contributed by atoms with Gasteiger partial charge in [0.1, 0.15) is 11.6 Å². The summed E-state index contributed by atoms with van der Waals surface area (Å²) in [7, 11) is 0. The van der Waals surface area contributed by atoms with E-state index in [0.717, 1.165) is 40.8 Å². The molecule has 0 aliphatic rings. The number of aromatic nitrogens is 2. The van der Waals surface area contributed by atoms with Crippen LogP contribution in [0.3, 0.4) is 0 Å². The molecule has 0 unspecified atom stereocenters. The van der Waals surface area contributed by atoms with Crippen molar-refractivity contribution in [1.29, 1.82) is 0 Å². The molecule has 0 saturated heterocycles. The molecule has 2 aromatic carbocycles. The number of hydrogen-bond donors (Lipinski definition) is 2. The summed E-state index contributed by atoms with van der Waals surface area (Å²) >= 11 is 0. The van der Waals surface area contributed by atoms with E-state index in [-0.39, 0.29) is 11.7 Å². The van der Waals surface area contributed by atoms with Crippen LogP contribution in [-0.2, 0) is 17.6 Å². The lowest BCUT2D eigenvalue weighted by Crippen LogP contribution is -2.13. The van der Waals surface area contributed by atoms with Crippen LogP contribution < -0.4 is 5.32 Å². The first kappa shape index (κ1) is 17.1. The monoisotopic (exact) mass is 339 g/mol. The number of hydrogen-bond acceptors (Lipinski definition) is 2. The number of nitrogens with one attached hydrogen (secondary N) is 2. The second-order valence-electron chi connectivity index (χ2n) is 6.29. The molecule has 3 aromatic rings. The van der Waals surface area contributed by atoms with E-state index in [1.165, 1.54) is 12.1 Å². The summed E-state index contributed by atoms with van der Waals surface area (Å²) in [6.07, 6.45) is 2.95. The average molecular weight is 339 g/mol. The molecule has 0 saturated carbocycles. The van der Waals surface area contributed by atoms with E-state index in [1.54, 1.807) is 6.07 Å². The fraction of sp³-hybridized carbons (Fsp3) is 0.300. The van der Waals surface area contributed by atoms with Crippen LogP contribution in [0, 0.1) is 12.7 Å². The molecule has 1 amide bonds. The third-order valence-electron chi connectivity index (χ3n) is 4.20. The molecule has 0 atom stereocenters. The van der Waals surface area contributed by atoms with Gasteiger partial charge < -0.3 is 10.3 Å². The predicted molar refractivity (Wildman–Crippen MR) is 98.2 cm³/mol. The summed E-state index contributed by atoms with van der Waals surface area (Å²) in [5.41, 5.74) is 4.40. The van der Waals surface area contributed by atoms with E-state index in [2.05, 4.69) is 22.2 Å². The largest absolute Gasteiger partial charge is 0.342 e. The summed E-state index contributed by atoms with van der Waals surface area (Å²) in [5, 5.41) is 2.78. The molecular formula is C20H22FN3O. The maximum Gasteiger partial charge on any atom is 0.224 e. The number of halogens is 1. The van der Waals surface area contributed by atoms with Crippen LogP contribution >= 0.6 is 0 Å². The topological polar surface area (TPSA) is 57.8 Å². The SMILES string of the molecule is CCCc1nc2ccc(CCC(=O)Nc3cc(F)ccc3C)cc2[nH]1.